The van der Waals surface area contributed by atoms with Gasteiger partial charge in [-0.3, -0.25) is 4.79 Å². The molecule has 11 heteroatoms. The second kappa shape index (κ2) is 7.76. The summed E-state index contributed by atoms with van der Waals surface area (Å²) in [6.45, 7) is 0. The van der Waals surface area contributed by atoms with E-state index in [0.29, 0.717) is 4.52 Å². The highest BCUT2D eigenvalue weighted by molar-refractivity contribution is 6.07. The van der Waals surface area contributed by atoms with Gasteiger partial charge in [-0.2, -0.15) is 18.3 Å². The predicted molar refractivity (Wildman–Crippen MR) is 105 cm³/mol. The third-order valence-electron chi connectivity index (χ3n) is 4.50. The van der Waals surface area contributed by atoms with Gasteiger partial charge in [-0.15, -0.1) is 0 Å². The minimum atomic E-state index is -4.83. The van der Waals surface area contributed by atoms with Crippen molar-refractivity contribution in [3.63, 3.8) is 0 Å². The van der Waals surface area contributed by atoms with Crippen molar-refractivity contribution in [2.24, 2.45) is 0 Å². The molecule has 0 radical (unpaired) electrons. The number of nitrogens with zero attached hydrogens (tertiary/aromatic N) is 3. The van der Waals surface area contributed by atoms with Crippen LogP contribution in [-0.2, 0) is 6.18 Å². The fourth-order valence-corrected chi connectivity index (χ4v) is 3.02. The predicted octanol–water partition coefficient (Wildman–Crippen LogP) is 4.50. The maximum atomic E-state index is 13.7. The van der Waals surface area contributed by atoms with Crippen molar-refractivity contribution in [1.29, 1.82) is 0 Å². The summed E-state index contributed by atoms with van der Waals surface area (Å²) < 4.78 is 54.6. The highest BCUT2D eigenvalue weighted by Crippen LogP contribution is 2.32. The van der Waals surface area contributed by atoms with E-state index in [0.717, 1.165) is 24.3 Å². The van der Waals surface area contributed by atoms with E-state index in [1.54, 1.807) is 0 Å². The summed E-state index contributed by atoms with van der Waals surface area (Å²) in [6, 6.07) is 12.1. The lowest BCUT2D eigenvalue weighted by Gasteiger charge is -2.11. The number of halogens is 4. The van der Waals surface area contributed by atoms with Crippen molar-refractivity contribution in [1.82, 2.24) is 14.6 Å². The van der Waals surface area contributed by atoms with Gasteiger partial charge in [0.1, 0.15) is 5.82 Å². The number of carboxylic acid groups (broad SMARTS) is 1. The molecule has 2 heterocycles. The molecule has 2 N–H and O–H groups in total. The summed E-state index contributed by atoms with van der Waals surface area (Å²) in [4.78, 5) is 28.0. The van der Waals surface area contributed by atoms with E-state index in [2.05, 4.69) is 15.4 Å². The molecule has 0 bridgehead atoms. The Labute approximate surface area is 176 Å². The van der Waals surface area contributed by atoms with Crippen LogP contribution in [0.5, 0.6) is 0 Å². The number of benzene rings is 2. The lowest BCUT2D eigenvalue weighted by molar-refractivity contribution is -0.142. The van der Waals surface area contributed by atoms with Crippen LogP contribution in [0, 0.1) is 5.82 Å². The van der Waals surface area contributed by atoms with Crippen molar-refractivity contribution < 1.29 is 32.3 Å². The standard InChI is InChI=1S/C21H12F4N4O3/c22-12-7-5-11(6-8-12)15-9-17(21(23,24)25)29-18(26-15)10-16(28-29)19(30)27-14-4-2-1-3-13(14)20(31)32/h1-10H,(H,27,30)(H,31,32). The maximum Gasteiger partial charge on any atom is 0.433 e. The van der Waals surface area contributed by atoms with Crippen LogP contribution in [0.1, 0.15) is 26.5 Å². The van der Waals surface area contributed by atoms with Crippen molar-refractivity contribution in [3.05, 3.63) is 83.4 Å². The summed E-state index contributed by atoms with van der Waals surface area (Å²) in [6.07, 6.45) is -4.83. The van der Waals surface area contributed by atoms with E-state index in [9.17, 15) is 32.3 Å². The van der Waals surface area contributed by atoms with Gasteiger partial charge in [-0.05, 0) is 42.5 Å². The number of hydrogen-bond donors (Lipinski definition) is 2. The first kappa shape index (κ1) is 21.0. The highest BCUT2D eigenvalue weighted by Gasteiger charge is 2.35. The van der Waals surface area contributed by atoms with Gasteiger partial charge in [-0.1, -0.05) is 12.1 Å². The van der Waals surface area contributed by atoms with E-state index in [4.69, 9.17) is 0 Å². The zero-order chi connectivity index (χ0) is 23.0. The third-order valence-corrected chi connectivity index (χ3v) is 4.50. The molecule has 4 aromatic rings. The van der Waals surface area contributed by atoms with Crippen molar-refractivity contribution in [2.75, 3.05) is 5.32 Å². The molecule has 32 heavy (non-hydrogen) atoms. The van der Waals surface area contributed by atoms with Crippen LogP contribution in [0.3, 0.4) is 0 Å². The van der Waals surface area contributed by atoms with Gasteiger partial charge < -0.3 is 10.4 Å². The number of aromatic nitrogens is 3. The zero-order valence-electron chi connectivity index (χ0n) is 15.9. The minimum Gasteiger partial charge on any atom is -0.478 e. The van der Waals surface area contributed by atoms with Crippen LogP contribution < -0.4 is 5.32 Å². The number of nitrogens with one attached hydrogen (secondary N) is 1. The topological polar surface area (TPSA) is 96.6 Å². The second-order valence-corrected chi connectivity index (χ2v) is 6.64. The Morgan fingerprint density at radius 2 is 1.69 bits per heavy atom. The Bertz CT molecular complexity index is 1350. The number of anilines is 1. The van der Waals surface area contributed by atoms with E-state index >= 15 is 0 Å². The third kappa shape index (κ3) is 4.00. The number of carboxylic acids is 1. The smallest absolute Gasteiger partial charge is 0.433 e. The summed E-state index contributed by atoms with van der Waals surface area (Å²) >= 11 is 0. The highest BCUT2D eigenvalue weighted by atomic mass is 19.4. The quantitative estimate of drug-likeness (QED) is 0.452. The summed E-state index contributed by atoms with van der Waals surface area (Å²) in [5, 5.41) is 15.3. The minimum absolute atomic E-state index is 0.0435. The number of alkyl halides is 3. The van der Waals surface area contributed by atoms with Gasteiger partial charge >= 0.3 is 12.1 Å². The monoisotopic (exact) mass is 444 g/mol. The van der Waals surface area contributed by atoms with Crippen molar-refractivity contribution in [3.8, 4) is 11.3 Å². The van der Waals surface area contributed by atoms with Crippen molar-refractivity contribution in [2.45, 2.75) is 6.18 Å². The molecule has 0 saturated carbocycles. The normalized spacial score (nSPS) is 11.5. The van der Waals surface area contributed by atoms with Crippen molar-refractivity contribution >= 4 is 23.2 Å². The number of aromatic carboxylic acids is 1. The van der Waals surface area contributed by atoms with Crippen LogP contribution in [0.15, 0.2) is 60.7 Å². The molecule has 0 aliphatic carbocycles. The molecule has 0 saturated heterocycles. The number of carbonyl (C=O) groups excluding carboxylic acids is 1. The number of amides is 1. The van der Waals surface area contributed by atoms with E-state index in [1.807, 2.05) is 0 Å². The molecule has 2 aromatic carbocycles. The first-order chi connectivity index (χ1) is 15.1. The number of para-hydroxylation sites is 1. The van der Waals surface area contributed by atoms with Gasteiger partial charge in [0.15, 0.2) is 17.0 Å². The van der Waals surface area contributed by atoms with E-state index < -0.39 is 35.3 Å². The van der Waals surface area contributed by atoms with Crippen LogP contribution in [0.25, 0.3) is 16.9 Å². The molecule has 0 unspecified atom stereocenters. The van der Waals surface area contributed by atoms with Crippen LogP contribution >= 0.6 is 0 Å². The number of fused-ring (bicyclic) bond motifs is 1. The molecule has 2 aromatic heterocycles. The van der Waals surface area contributed by atoms with Gasteiger partial charge in [0.05, 0.1) is 16.9 Å². The summed E-state index contributed by atoms with van der Waals surface area (Å²) in [5.41, 5.74) is -1.95. The first-order valence-electron chi connectivity index (χ1n) is 9.01. The van der Waals surface area contributed by atoms with E-state index in [-0.39, 0.29) is 28.2 Å². The molecule has 1 amide bonds. The zero-order valence-corrected chi connectivity index (χ0v) is 15.9. The molecule has 0 atom stereocenters. The second-order valence-electron chi connectivity index (χ2n) is 6.64. The van der Waals surface area contributed by atoms with Gasteiger partial charge in [0, 0.05) is 11.6 Å². The number of carbonyl (C=O) groups is 2. The molecule has 7 nitrogen and oxygen atoms in total. The molecule has 0 aliphatic rings. The molecule has 4 rings (SSSR count). The average molecular weight is 444 g/mol. The fraction of sp³-hybridized carbons (Fsp3) is 0.0476. The lowest BCUT2D eigenvalue weighted by atomic mass is 10.1. The maximum absolute atomic E-state index is 13.7. The van der Waals surface area contributed by atoms with Gasteiger partial charge in [-0.25, -0.2) is 18.7 Å². The molecule has 0 spiro atoms. The molecular weight excluding hydrogens is 432 g/mol. The Hall–Kier alpha value is -4.28. The Balaban J connectivity index is 1.78. The first-order valence-corrected chi connectivity index (χ1v) is 9.01. The van der Waals surface area contributed by atoms with Gasteiger partial charge in [0.2, 0.25) is 0 Å². The van der Waals surface area contributed by atoms with Gasteiger partial charge in [0.25, 0.3) is 5.91 Å². The van der Waals surface area contributed by atoms with Crippen LogP contribution in [-0.4, -0.2) is 31.6 Å². The molecule has 0 aliphatic heterocycles. The van der Waals surface area contributed by atoms with Crippen LogP contribution in [0.2, 0.25) is 0 Å². The van der Waals surface area contributed by atoms with Crippen LogP contribution in [0.4, 0.5) is 23.2 Å². The van der Waals surface area contributed by atoms with E-state index in [1.165, 1.54) is 36.4 Å². The molecule has 162 valence electrons. The fourth-order valence-electron chi connectivity index (χ4n) is 3.02. The number of hydrogen-bond acceptors (Lipinski definition) is 4. The Kier molecular flexibility index (Phi) is 5.09. The molecular formula is C21H12F4N4O3. The lowest BCUT2D eigenvalue weighted by Crippen LogP contribution is -2.17. The molecule has 0 fully saturated rings. The Morgan fingerprint density at radius 1 is 1.00 bits per heavy atom. The largest absolute Gasteiger partial charge is 0.478 e. The Morgan fingerprint density at radius 3 is 2.34 bits per heavy atom. The number of rotatable bonds is 4. The average Bonchev–Trinajstić information content (AvgIpc) is 3.17. The summed E-state index contributed by atoms with van der Waals surface area (Å²) in [7, 11) is 0. The SMILES string of the molecule is O=C(Nc1ccccc1C(=O)O)c1cc2nc(-c3ccc(F)cc3)cc(C(F)(F)F)n2n1. The summed E-state index contributed by atoms with van der Waals surface area (Å²) in [5.74, 6) is -2.77.